The summed E-state index contributed by atoms with van der Waals surface area (Å²) in [6.45, 7) is 10.3. The molecule has 42 heavy (non-hydrogen) atoms. The van der Waals surface area contributed by atoms with E-state index in [2.05, 4.69) is 75.0 Å². The van der Waals surface area contributed by atoms with E-state index >= 15 is 0 Å². The number of nitrogens with one attached hydrogen (secondary N) is 1. The van der Waals surface area contributed by atoms with Crippen LogP contribution in [0.3, 0.4) is 0 Å². The molecule has 3 fully saturated rings. The second kappa shape index (κ2) is 13.1. The van der Waals surface area contributed by atoms with Crippen molar-refractivity contribution in [2.45, 2.75) is 37.8 Å². The van der Waals surface area contributed by atoms with Gasteiger partial charge in [-0.3, -0.25) is 9.80 Å². The lowest BCUT2D eigenvalue weighted by atomic mass is 9.73. The molecule has 0 radical (unpaired) electrons. The monoisotopic (exact) mass is 561 g/mol. The summed E-state index contributed by atoms with van der Waals surface area (Å²) in [5, 5.41) is 3.16. The number of carbonyl (C=O) groups excluding carboxylic acids is 1. The van der Waals surface area contributed by atoms with Crippen LogP contribution in [0.5, 0.6) is 0 Å². The van der Waals surface area contributed by atoms with E-state index in [1.165, 1.54) is 11.1 Å². The molecule has 6 nitrogen and oxygen atoms in total. The van der Waals surface area contributed by atoms with Gasteiger partial charge in [-0.05, 0) is 75.3 Å². The third-order valence-corrected chi connectivity index (χ3v) is 9.23. The van der Waals surface area contributed by atoms with Crippen molar-refractivity contribution >= 4 is 11.7 Å². The maximum atomic E-state index is 13.5. The Labute approximate surface area is 251 Å². The smallest absolute Gasteiger partial charge is 0.321 e. The quantitative estimate of drug-likeness (QED) is 0.450. The van der Waals surface area contributed by atoms with Crippen LogP contribution in [0.15, 0.2) is 78.9 Å². The highest BCUT2D eigenvalue weighted by molar-refractivity contribution is 5.89. The maximum Gasteiger partial charge on any atom is 0.321 e. The van der Waals surface area contributed by atoms with Gasteiger partial charge in [0, 0.05) is 80.6 Å². The van der Waals surface area contributed by atoms with Crippen molar-refractivity contribution in [3.63, 3.8) is 0 Å². The second-order valence-corrected chi connectivity index (χ2v) is 12.2. The number of fused-ring (bicyclic) bond motifs is 1. The van der Waals surface area contributed by atoms with Crippen molar-refractivity contribution in [2.24, 2.45) is 0 Å². The molecule has 3 aromatic rings. The Morgan fingerprint density at radius 3 is 2.19 bits per heavy atom. The molecule has 0 unspecified atom stereocenters. The van der Waals surface area contributed by atoms with Crippen LogP contribution in [0, 0.1) is 18.8 Å². The highest BCUT2D eigenvalue weighted by Gasteiger charge is 2.50. The second-order valence-electron chi connectivity index (χ2n) is 12.2. The average Bonchev–Trinajstić information content (AvgIpc) is 3.00. The largest absolute Gasteiger partial charge is 0.323 e. The van der Waals surface area contributed by atoms with Gasteiger partial charge in [0.2, 0.25) is 0 Å². The standard InChI is InChI=1S/C36H43N5O/c1-28-10-18-32(19-11-28)37-36(42)40-20-6-7-21-41-33(26-39-24-22-38(2)23-25-39)35(34(41)27-40)31-16-14-30(15-17-31)13-12-29-8-4-3-5-9-29/h3-5,8-11,14-19,33-35H,6-7,20-27H2,1-2H3,(H,37,42)/t33-,34+,35+/m1/s1. The molecule has 218 valence electrons. The zero-order valence-electron chi connectivity index (χ0n) is 25.0. The van der Waals surface area contributed by atoms with Crippen LogP contribution in [-0.2, 0) is 0 Å². The minimum atomic E-state index is 0.00788. The van der Waals surface area contributed by atoms with E-state index in [9.17, 15) is 4.79 Å². The van der Waals surface area contributed by atoms with Gasteiger partial charge in [-0.2, -0.15) is 0 Å². The molecule has 1 N–H and O–H groups in total. The Morgan fingerprint density at radius 1 is 0.810 bits per heavy atom. The fourth-order valence-electron chi connectivity index (χ4n) is 6.71. The number of urea groups is 1. The van der Waals surface area contributed by atoms with E-state index in [1.807, 2.05) is 54.6 Å². The van der Waals surface area contributed by atoms with Crippen molar-refractivity contribution in [1.82, 2.24) is 19.6 Å². The summed E-state index contributed by atoms with van der Waals surface area (Å²) in [6, 6.07) is 27.9. The molecule has 3 aliphatic heterocycles. The van der Waals surface area contributed by atoms with E-state index in [4.69, 9.17) is 0 Å². The summed E-state index contributed by atoms with van der Waals surface area (Å²) >= 11 is 0. The number of carbonyl (C=O) groups is 1. The number of piperazine rings is 1. The van der Waals surface area contributed by atoms with Gasteiger partial charge in [0.15, 0.2) is 0 Å². The molecule has 3 heterocycles. The first-order valence-corrected chi connectivity index (χ1v) is 15.5. The van der Waals surface area contributed by atoms with Crippen LogP contribution in [0.2, 0.25) is 0 Å². The van der Waals surface area contributed by atoms with Crippen LogP contribution < -0.4 is 5.32 Å². The van der Waals surface area contributed by atoms with Crippen molar-refractivity contribution in [2.75, 3.05) is 64.7 Å². The van der Waals surface area contributed by atoms with E-state index < -0.39 is 0 Å². The zero-order chi connectivity index (χ0) is 28.9. The van der Waals surface area contributed by atoms with E-state index in [-0.39, 0.29) is 6.03 Å². The van der Waals surface area contributed by atoms with Crippen molar-refractivity contribution in [1.29, 1.82) is 0 Å². The SMILES string of the molecule is Cc1ccc(NC(=O)N2CCCCN3[C@H](CN4CCN(C)CC4)[C@H](c4ccc(C#Cc5ccccc5)cc4)[C@@H]3C2)cc1. The summed E-state index contributed by atoms with van der Waals surface area (Å²) in [4.78, 5) is 23.3. The molecule has 6 rings (SSSR count). The molecule has 6 heteroatoms. The lowest BCUT2D eigenvalue weighted by molar-refractivity contribution is -0.0534. The van der Waals surface area contributed by atoms with E-state index in [0.29, 0.717) is 18.0 Å². The number of rotatable bonds is 4. The van der Waals surface area contributed by atoms with Gasteiger partial charge in [-0.25, -0.2) is 4.79 Å². The lowest BCUT2D eigenvalue weighted by Gasteiger charge is -2.59. The van der Waals surface area contributed by atoms with Crippen LogP contribution in [-0.4, -0.2) is 97.1 Å². The average molecular weight is 562 g/mol. The highest BCUT2D eigenvalue weighted by atomic mass is 16.2. The molecular formula is C36H43N5O. The Hall–Kier alpha value is -3.63. The summed E-state index contributed by atoms with van der Waals surface area (Å²) in [5.74, 6) is 7.00. The number of hydrogen-bond donors (Lipinski definition) is 1. The summed E-state index contributed by atoms with van der Waals surface area (Å²) in [5.41, 5.74) is 5.47. The number of amides is 2. The van der Waals surface area contributed by atoms with Gasteiger partial charge in [0.05, 0.1) is 0 Å². The zero-order valence-corrected chi connectivity index (χ0v) is 25.0. The van der Waals surface area contributed by atoms with Gasteiger partial charge in [0.25, 0.3) is 0 Å². The summed E-state index contributed by atoms with van der Waals surface area (Å²) < 4.78 is 0. The third-order valence-electron chi connectivity index (χ3n) is 9.23. The van der Waals surface area contributed by atoms with Gasteiger partial charge in [-0.1, -0.05) is 59.9 Å². The number of hydrogen-bond acceptors (Lipinski definition) is 4. The third kappa shape index (κ3) is 6.71. The van der Waals surface area contributed by atoms with E-state index in [0.717, 1.165) is 82.0 Å². The maximum absolute atomic E-state index is 13.5. The molecule has 0 spiro atoms. The number of likely N-dealkylation sites (N-methyl/N-ethyl adjacent to an activating group) is 1. The lowest BCUT2D eigenvalue weighted by Crippen LogP contribution is -2.69. The molecule has 3 aromatic carbocycles. The Kier molecular flexibility index (Phi) is 8.90. The number of nitrogens with zero attached hydrogens (tertiary/aromatic N) is 4. The van der Waals surface area contributed by atoms with Gasteiger partial charge >= 0.3 is 6.03 Å². The fraction of sp³-hybridized carbons (Fsp3) is 0.417. The van der Waals surface area contributed by atoms with Crippen molar-refractivity contribution in [3.05, 3.63) is 101 Å². The molecule has 0 aromatic heterocycles. The summed E-state index contributed by atoms with van der Waals surface area (Å²) in [6.07, 6.45) is 2.15. The van der Waals surface area contributed by atoms with Crippen molar-refractivity contribution in [3.8, 4) is 11.8 Å². The van der Waals surface area contributed by atoms with Gasteiger partial charge < -0.3 is 15.1 Å². The Balaban J connectivity index is 1.22. The van der Waals surface area contributed by atoms with E-state index in [1.54, 1.807) is 0 Å². The van der Waals surface area contributed by atoms with Crippen molar-refractivity contribution < 1.29 is 4.79 Å². The van der Waals surface area contributed by atoms with Crippen LogP contribution >= 0.6 is 0 Å². The molecule has 3 aliphatic rings. The van der Waals surface area contributed by atoms with Gasteiger partial charge in [-0.15, -0.1) is 0 Å². The first-order chi connectivity index (χ1) is 20.5. The molecular weight excluding hydrogens is 518 g/mol. The first-order valence-electron chi connectivity index (χ1n) is 15.5. The number of aryl methyl sites for hydroxylation is 1. The first kappa shape index (κ1) is 28.5. The molecule has 0 bridgehead atoms. The summed E-state index contributed by atoms with van der Waals surface area (Å²) in [7, 11) is 2.22. The molecule has 0 saturated carbocycles. The topological polar surface area (TPSA) is 42.1 Å². The predicted molar refractivity (Wildman–Crippen MR) is 171 cm³/mol. The molecule has 3 atom stereocenters. The Morgan fingerprint density at radius 2 is 1.48 bits per heavy atom. The normalized spacial score (nSPS) is 23.5. The Bertz CT molecular complexity index is 1390. The van der Waals surface area contributed by atoms with Crippen LogP contribution in [0.4, 0.5) is 10.5 Å². The molecule has 0 aliphatic carbocycles. The molecule has 3 saturated heterocycles. The van der Waals surface area contributed by atoms with Crippen LogP contribution in [0.25, 0.3) is 0 Å². The highest BCUT2D eigenvalue weighted by Crippen LogP contribution is 2.42. The minimum absolute atomic E-state index is 0.00788. The molecule has 2 amide bonds. The number of benzene rings is 3. The van der Waals surface area contributed by atoms with Gasteiger partial charge in [0.1, 0.15) is 0 Å². The van der Waals surface area contributed by atoms with Crippen LogP contribution in [0.1, 0.15) is 41.0 Å². The number of anilines is 1. The predicted octanol–water partition coefficient (Wildman–Crippen LogP) is 5.11. The fourth-order valence-corrected chi connectivity index (χ4v) is 6.71. The minimum Gasteiger partial charge on any atom is -0.323 e.